The van der Waals surface area contributed by atoms with Crippen molar-refractivity contribution in [2.75, 3.05) is 39.8 Å². The summed E-state index contributed by atoms with van der Waals surface area (Å²) in [5.41, 5.74) is 2.42. The molecule has 0 aliphatic carbocycles. The van der Waals surface area contributed by atoms with E-state index in [4.69, 9.17) is 0 Å². The molecule has 1 aromatic heterocycles. The van der Waals surface area contributed by atoms with Gasteiger partial charge >= 0.3 is 6.03 Å². The number of carbonyl (C=O) groups is 1. The predicted molar refractivity (Wildman–Crippen MR) is 98.3 cm³/mol. The molecule has 0 bridgehead atoms. The van der Waals surface area contributed by atoms with Gasteiger partial charge in [-0.05, 0) is 18.7 Å². The van der Waals surface area contributed by atoms with Gasteiger partial charge in [-0.25, -0.2) is 9.52 Å². The number of rotatable bonds is 2. The molecule has 1 unspecified atom stereocenters. The maximum absolute atomic E-state index is 12.5. The van der Waals surface area contributed by atoms with E-state index < -0.39 is 10.2 Å². The van der Waals surface area contributed by atoms with E-state index in [1.165, 1.54) is 4.31 Å². The van der Waals surface area contributed by atoms with Crippen LogP contribution < -0.4 is 15.6 Å². The number of piperazine rings is 1. The molecule has 2 amide bonds. The lowest BCUT2D eigenvalue weighted by Crippen LogP contribution is -2.56. The minimum atomic E-state index is -3.40. The average molecular weight is 396 g/mol. The first-order valence-corrected chi connectivity index (χ1v) is 10.5. The van der Waals surface area contributed by atoms with Crippen molar-refractivity contribution >= 4 is 16.2 Å². The molecule has 3 aliphatic heterocycles. The number of carbonyl (C=O) groups excluding carboxylic acids is 1. The molecule has 3 N–H and O–H groups in total. The largest absolute Gasteiger partial charge is 0.334 e. The summed E-state index contributed by atoms with van der Waals surface area (Å²) in [5, 5.41) is 2.79. The smallest absolute Gasteiger partial charge is 0.317 e. The molecule has 0 radical (unpaired) electrons. The van der Waals surface area contributed by atoms with Gasteiger partial charge in [0.05, 0.1) is 6.04 Å². The van der Waals surface area contributed by atoms with E-state index in [1.807, 2.05) is 13.1 Å². The summed E-state index contributed by atoms with van der Waals surface area (Å²) >= 11 is 0. The number of urea groups is 1. The van der Waals surface area contributed by atoms with E-state index in [9.17, 15) is 18.0 Å². The van der Waals surface area contributed by atoms with Crippen LogP contribution >= 0.6 is 0 Å². The number of hydrogen-bond donors (Lipinski definition) is 3. The molecule has 0 spiro atoms. The molecule has 2 saturated heterocycles. The van der Waals surface area contributed by atoms with Crippen LogP contribution in [0, 0.1) is 0 Å². The molecular formula is C16H24N6O4S. The number of amides is 2. The van der Waals surface area contributed by atoms with Crippen molar-refractivity contribution in [2.24, 2.45) is 0 Å². The molecule has 27 heavy (non-hydrogen) atoms. The van der Waals surface area contributed by atoms with Crippen molar-refractivity contribution in [3.63, 3.8) is 0 Å². The number of aromatic nitrogens is 1. The van der Waals surface area contributed by atoms with Gasteiger partial charge < -0.3 is 20.1 Å². The first-order valence-electron chi connectivity index (χ1n) is 9.05. The second-order valence-electron chi connectivity index (χ2n) is 7.34. The van der Waals surface area contributed by atoms with Crippen LogP contribution in [0.4, 0.5) is 4.79 Å². The summed E-state index contributed by atoms with van der Waals surface area (Å²) in [5.74, 6) is 0. The maximum Gasteiger partial charge on any atom is 0.317 e. The molecule has 1 atom stereocenters. The Morgan fingerprint density at radius 1 is 1.33 bits per heavy atom. The Balaban J connectivity index is 1.39. The van der Waals surface area contributed by atoms with Gasteiger partial charge in [0.15, 0.2) is 0 Å². The zero-order valence-electron chi connectivity index (χ0n) is 15.2. The lowest BCUT2D eigenvalue weighted by molar-refractivity contribution is 0.150. The van der Waals surface area contributed by atoms with Gasteiger partial charge in [-0.2, -0.15) is 12.7 Å². The molecule has 4 rings (SSSR count). The molecule has 1 aromatic rings. The van der Waals surface area contributed by atoms with Crippen molar-refractivity contribution in [1.82, 2.24) is 29.1 Å². The average Bonchev–Trinajstić information content (AvgIpc) is 2.94. The fourth-order valence-electron chi connectivity index (χ4n) is 3.90. The van der Waals surface area contributed by atoms with Crippen molar-refractivity contribution in [1.29, 1.82) is 0 Å². The summed E-state index contributed by atoms with van der Waals surface area (Å²) in [4.78, 5) is 31.5. The van der Waals surface area contributed by atoms with E-state index >= 15 is 0 Å². The molecular weight excluding hydrogens is 372 g/mol. The molecule has 0 aromatic carbocycles. The minimum Gasteiger partial charge on any atom is -0.334 e. The van der Waals surface area contributed by atoms with Crippen molar-refractivity contribution < 1.29 is 13.2 Å². The van der Waals surface area contributed by atoms with Crippen LogP contribution in [-0.4, -0.2) is 79.4 Å². The second-order valence-corrected chi connectivity index (χ2v) is 9.05. The van der Waals surface area contributed by atoms with Gasteiger partial charge in [0, 0.05) is 63.5 Å². The Labute approximate surface area is 157 Å². The third kappa shape index (κ3) is 3.59. The summed E-state index contributed by atoms with van der Waals surface area (Å²) in [6.07, 6.45) is 0.816. The Hall–Kier alpha value is -1.95. The highest BCUT2D eigenvalue weighted by Crippen LogP contribution is 2.18. The Bertz CT molecular complexity index is 914. The zero-order chi connectivity index (χ0) is 19.2. The number of likely N-dealkylation sites (N-methyl/N-ethyl adjacent to an activating group) is 1. The SMILES string of the molecule is CN1CCc2[nH]c(=O)c(CNC(=O)N3CCN4C(CNS4(=O)=O)C3)cc2C1. The van der Waals surface area contributed by atoms with Crippen LogP contribution in [0.5, 0.6) is 0 Å². The fourth-order valence-corrected chi connectivity index (χ4v) is 5.33. The summed E-state index contributed by atoms with van der Waals surface area (Å²) in [6, 6.07) is 1.35. The number of nitrogens with zero attached hydrogens (tertiary/aromatic N) is 3. The zero-order valence-corrected chi connectivity index (χ0v) is 16.0. The van der Waals surface area contributed by atoms with E-state index in [0.29, 0.717) is 25.2 Å². The summed E-state index contributed by atoms with van der Waals surface area (Å²) in [7, 11) is -1.36. The van der Waals surface area contributed by atoms with Crippen molar-refractivity contribution in [3.05, 3.63) is 33.2 Å². The third-order valence-corrected chi connectivity index (χ3v) is 7.06. The number of hydrogen-bond acceptors (Lipinski definition) is 5. The molecule has 0 saturated carbocycles. The molecule has 148 valence electrons. The monoisotopic (exact) mass is 396 g/mol. The summed E-state index contributed by atoms with van der Waals surface area (Å²) in [6.45, 7) is 3.09. The molecule has 4 heterocycles. The van der Waals surface area contributed by atoms with Gasteiger partial charge in [-0.1, -0.05) is 0 Å². The van der Waals surface area contributed by atoms with Crippen LogP contribution in [0.1, 0.15) is 16.8 Å². The van der Waals surface area contributed by atoms with Gasteiger partial charge in [0.25, 0.3) is 15.8 Å². The second kappa shape index (κ2) is 6.89. The van der Waals surface area contributed by atoms with Gasteiger partial charge in [0.1, 0.15) is 0 Å². The van der Waals surface area contributed by atoms with Crippen LogP contribution in [0.25, 0.3) is 0 Å². The quantitative estimate of drug-likeness (QED) is 0.557. The van der Waals surface area contributed by atoms with Crippen molar-refractivity contribution in [3.8, 4) is 0 Å². The highest BCUT2D eigenvalue weighted by atomic mass is 32.2. The predicted octanol–water partition coefficient (Wildman–Crippen LogP) is -1.59. The first kappa shape index (κ1) is 18.4. The number of H-pyrrole nitrogens is 1. The number of pyridine rings is 1. The minimum absolute atomic E-state index is 0.145. The van der Waals surface area contributed by atoms with Crippen molar-refractivity contribution in [2.45, 2.75) is 25.6 Å². The van der Waals surface area contributed by atoms with Crippen LogP contribution in [-0.2, 0) is 29.7 Å². The third-order valence-electron chi connectivity index (χ3n) is 5.43. The lowest BCUT2D eigenvalue weighted by Gasteiger charge is -2.35. The van der Waals surface area contributed by atoms with Gasteiger partial charge in [-0.15, -0.1) is 0 Å². The lowest BCUT2D eigenvalue weighted by atomic mass is 10.0. The number of fused-ring (bicyclic) bond motifs is 2. The standard InChI is InChI=1S/C16H24N6O4S/c1-20-3-2-14-12(9-20)6-11(15(23)19-14)7-17-16(24)21-4-5-22-13(10-21)8-18-27(22,25)26/h6,13,18H,2-5,7-10H2,1H3,(H,17,24)(H,19,23). The summed E-state index contributed by atoms with van der Waals surface area (Å²) < 4.78 is 27.5. The Kier molecular flexibility index (Phi) is 4.70. The molecule has 3 aliphatic rings. The highest BCUT2D eigenvalue weighted by molar-refractivity contribution is 7.87. The van der Waals surface area contributed by atoms with E-state index in [-0.39, 0.29) is 30.7 Å². The topological polar surface area (TPSA) is 118 Å². The normalized spacial score (nSPS) is 25.1. The van der Waals surface area contributed by atoms with Crippen LogP contribution in [0.2, 0.25) is 0 Å². The molecule has 10 nitrogen and oxygen atoms in total. The van der Waals surface area contributed by atoms with E-state index in [1.54, 1.807) is 4.90 Å². The molecule has 11 heteroatoms. The van der Waals surface area contributed by atoms with Gasteiger partial charge in [-0.3, -0.25) is 4.79 Å². The van der Waals surface area contributed by atoms with Crippen LogP contribution in [0.15, 0.2) is 10.9 Å². The number of nitrogens with one attached hydrogen (secondary N) is 3. The Morgan fingerprint density at radius 3 is 2.96 bits per heavy atom. The van der Waals surface area contributed by atoms with Gasteiger partial charge in [0.2, 0.25) is 0 Å². The molecule has 2 fully saturated rings. The fraction of sp³-hybridized carbons (Fsp3) is 0.625. The number of aromatic amines is 1. The first-order chi connectivity index (χ1) is 12.8. The van der Waals surface area contributed by atoms with Crippen LogP contribution in [0.3, 0.4) is 0 Å². The van der Waals surface area contributed by atoms with E-state index in [2.05, 4.69) is 19.9 Å². The van der Waals surface area contributed by atoms with E-state index in [0.717, 1.165) is 30.8 Å². The Morgan fingerprint density at radius 2 is 2.15 bits per heavy atom. The highest BCUT2D eigenvalue weighted by Gasteiger charge is 2.41. The maximum atomic E-state index is 12.5.